The van der Waals surface area contributed by atoms with Gasteiger partial charge in [0.1, 0.15) is 23.0 Å². The van der Waals surface area contributed by atoms with Crippen molar-refractivity contribution in [2.45, 2.75) is 40.3 Å². The molecule has 1 aromatic carbocycles. The zero-order chi connectivity index (χ0) is 25.4. The van der Waals surface area contributed by atoms with Gasteiger partial charge in [0.15, 0.2) is 11.3 Å². The number of pyridine rings is 1. The molecule has 3 aromatic rings. The molecule has 0 saturated heterocycles. The van der Waals surface area contributed by atoms with E-state index in [1.54, 1.807) is 10.8 Å². The van der Waals surface area contributed by atoms with Crippen LogP contribution in [0.1, 0.15) is 43.1 Å². The van der Waals surface area contributed by atoms with Crippen molar-refractivity contribution < 1.29 is 18.7 Å². The molecule has 2 N–H and O–H groups in total. The van der Waals surface area contributed by atoms with Gasteiger partial charge in [0, 0.05) is 44.0 Å². The number of hydrogen-bond donors (Lipinski definition) is 2. The average molecular weight is 487 g/mol. The van der Waals surface area contributed by atoms with Crippen molar-refractivity contribution in [3.8, 4) is 5.75 Å². The summed E-state index contributed by atoms with van der Waals surface area (Å²) in [6, 6.07) is 2.95. The van der Waals surface area contributed by atoms with E-state index >= 15 is 0 Å². The molecule has 1 aliphatic rings. The summed E-state index contributed by atoms with van der Waals surface area (Å²) in [6.45, 7) is 7.80. The molecule has 4 rings (SSSR count). The Balaban J connectivity index is 1.77. The van der Waals surface area contributed by atoms with E-state index in [2.05, 4.69) is 24.1 Å². The van der Waals surface area contributed by atoms with E-state index < -0.39 is 39.8 Å². The first-order valence-electron chi connectivity index (χ1n) is 11.6. The fourth-order valence-corrected chi connectivity index (χ4v) is 4.40. The average Bonchev–Trinajstić information content (AvgIpc) is 2.94. The lowest BCUT2D eigenvalue weighted by molar-refractivity contribution is 0.0948. The van der Waals surface area contributed by atoms with Gasteiger partial charge in [0.05, 0.1) is 6.20 Å². The number of benzene rings is 1. The molecule has 0 unspecified atom stereocenters. The molecule has 10 heteroatoms. The van der Waals surface area contributed by atoms with Crippen LogP contribution in [-0.2, 0) is 13.1 Å². The van der Waals surface area contributed by atoms with Gasteiger partial charge < -0.3 is 19.7 Å². The van der Waals surface area contributed by atoms with E-state index in [0.717, 1.165) is 19.0 Å². The minimum Gasteiger partial charge on any atom is -0.503 e. The van der Waals surface area contributed by atoms with Crippen LogP contribution in [0.5, 0.6) is 5.75 Å². The smallest absolute Gasteiger partial charge is 0.280 e. The molecule has 0 radical (unpaired) electrons. The summed E-state index contributed by atoms with van der Waals surface area (Å²) in [5.41, 5.74) is -2.09. The van der Waals surface area contributed by atoms with Gasteiger partial charge in [-0.05, 0) is 24.3 Å². The molecule has 1 amide bonds. The molecular formula is C25H28F2N4O4. The van der Waals surface area contributed by atoms with Crippen LogP contribution >= 0.6 is 0 Å². The number of hydrogen-bond acceptors (Lipinski definition) is 5. The predicted octanol–water partition coefficient (Wildman–Crippen LogP) is 2.88. The molecule has 186 valence electrons. The van der Waals surface area contributed by atoms with E-state index in [4.69, 9.17) is 0 Å². The van der Waals surface area contributed by atoms with E-state index in [1.807, 2.05) is 6.92 Å². The number of aromatic nitrogens is 2. The summed E-state index contributed by atoms with van der Waals surface area (Å²) in [4.78, 5) is 41.0. The molecular weight excluding hydrogens is 458 g/mol. The lowest BCUT2D eigenvalue weighted by Gasteiger charge is -2.27. The maximum atomic E-state index is 13.9. The third-order valence-corrected chi connectivity index (χ3v) is 6.18. The van der Waals surface area contributed by atoms with Crippen LogP contribution in [0.4, 0.5) is 14.6 Å². The van der Waals surface area contributed by atoms with Gasteiger partial charge in [-0.25, -0.2) is 8.78 Å². The monoisotopic (exact) mass is 486 g/mol. The normalized spacial score (nSPS) is 15.8. The highest BCUT2D eigenvalue weighted by molar-refractivity contribution is 5.94. The van der Waals surface area contributed by atoms with E-state index in [0.29, 0.717) is 30.9 Å². The van der Waals surface area contributed by atoms with Crippen LogP contribution in [0.25, 0.3) is 5.52 Å². The number of amides is 1. The van der Waals surface area contributed by atoms with Gasteiger partial charge >= 0.3 is 0 Å². The second kappa shape index (κ2) is 9.52. The molecule has 2 aromatic heterocycles. The Hall–Kier alpha value is -3.69. The highest BCUT2D eigenvalue weighted by Crippen LogP contribution is 2.24. The van der Waals surface area contributed by atoms with Crippen LogP contribution in [-0.4, -0.2) is 33.1 Å². The van der Waals surface area contributed by atoms with Crippen molar-refractivity contribution in [3.63, 3.8) is 0 Å². The van der Waals surface area contributed by atoms with Gasteiger partial charge in [-0.1, -0.05) is 26.8 Å². The first kappa shape index (κ1) is 24.4. The minimum absolute atomic E-state index is 0.0341. The number of rotatable bonds is 5. The lowest BCUT2D eigenvalue weighted by atomic mass is 10.1. The van der Waals surface area contributed by atoms with E-state index in [1.165, 1.54) is 16.7 Å². The van der Waals surface area contributed by atoms with E-state index in [-0.39, 0.29) is 23.5 Å². The highest BCUT2D eigenvalue weighted by atomic mass is 19.1. The van der Waals surface area contributed by atoms with Crippen molar-refractivity contribution in [2.24, 2.45) is 11.8 Å². The number of nitrogens with zero attached hydrogens (tertiary/aromatic N) is 3. The van der Waals surface area contributed by atoms with Gasteiger partial charge in [0.2, 0.25) is 5.43 Å². The Morgan fingerprint density at radius 1 is 1.23 bits per heavy atom. The maximum absolute atomic E-state index is 13.9. The molecule has 1 aliphatic heterocycles. The van der Waals surface area contributed by atoms with Gasteiger partial charge in [-0.2, -0.15) is 0 Å². The summed E-state index contributed by atoms with van der Waals surface area (Å²) in [7, 11) is 0. The Kier molecular flexibility index (Phi) is 6.64. The first-order chi connectivity index (χ1) is 16.6. The molecule has 0 spiro atoms. The molecule has 1 atom stereocenters. The number of fused-ring (bicyclic) bond motifs is 2. The van der Waals surface area contributed by atoms with Crippen molar-refractivity contribution in [1.82, 2.24) is 14.3 Å². The van der Waals surface area contributed by atoms with Gasteiger partial charge in [-0.15, -0.1) is 0 Å². The minimum atomic E-state index is -1.000. The van der Waals surface area contributed by atoms with Crippen LogP contribution in [0, 0.1) is 23.5 Å². The third kappa shape index (κ3) is 4.78. The highest BCUT2D eigenvalue weighted by Gasteiger charge is 2.25. The fraction of sp³-hybridized carbons (Fsp3) is 0.400. The van der Waals surface area contributed by atoms with Crippen LogP contribution < -0.4 is 21.2 Å². The summed E-state index contributed by atoms with van der Waals surface area (Å²) < 4.78 is 29.9. The predicted molar refractivity (Wildman–Crippen MR) is 128 cm³/mol. The number of nitrogens with one attached hydrogen (secondary N) is 1. The SMILES string of the molecule is CC(C)CN1CC[C@@H](C)Cn2c1cn1cc(C(=O)NCc3ccc(F)cc3F)c(=O)c(O)c1c2=O. The Morgan fingerprint density at radius 3 is 2.66 bits per heavy atom. The second-order valence-corrected chi connectivity index (χ2v) is 9.53. The van der Waals surface area contributed by atoms with Gasteiger partial charge in [0.25, 0.3) is 11.5 Å². The first-order valence-corrected chi connectivity index (χ1v) is 11.6. The Morgan fingerprint density at radius 2 is 1.97 bits per heavy atom. The zero-order valence-electron chi connectivity index (χ0n) is 19.8. The summed E-state index contributed by atoms with van der Waals surface area (Å²) in [5.74, 6) is -2.07. The molecule has 35 heavy (non-hydrogen) atoms. The molecule has 0 aliphatic carbocycles. The van der Waals surface area contributed by atoms with Crippen molar-refractivity contribution >= 4 is 17.2 Å². The Bertz CT molecular complexity index is 1410. The topological polar surface area (TPSA) is 96.1 Å². The molecule has 3 heterocycles. The number of carbonyl (C=O) groups is 1. The summed E-state index contributed by atoms with van der Waals surface area (Å²) in [6.07, 6.45) is 3.73. The number of halogens is 2. The third-order valence-electron chi connectivity index (χ3n) is 6.18. The lowest BCUT2D eigenvalue weighted by Crippen LogP contribution is -2.35. The number of carbonyl (C=O) groups excluding carboxylic acids is 1. The Labute approximate surface area is 200 Å². The quantitative estimate of drug-likeness (QED) is 0.578. The van der Waals surface area contributed by atoms with Crippen LogP contribution in [0.2, 0.25) is 0 Å². The van der Waals surface area contributed by atoms with E-state index in [9.17, 15) is 28.3 Å². The fourth-order valence-electron chi connectivity index (χ4n) is 4.40. The molecule has 0 fully saturated rings. The summed E-state index contributed by atoms with van der Waals surface area (Å²) in [5, 5.41) is 13.1. The number of anilines is 1. The van der Waals surface area contributed by atoms with Crippen molar-refractivity contribution in [1.29, 1.82) is 0 Å². The number of aromatic hydroxyl groups is 1. The van der Waals surface area contributed by atoms with Gasteiger partial charge in [-0.3, -0.25) is 19.0 Å². The standard InChI is InChI=1S/C25H28F2N4O4/c1-14(2)10-29-7-6-15(3)11-31-20(29)13-30-12-18(22(32)23(33)21(30)25(31)35)24(34)28-9-16-4-5-17(26)8-19(16)27/h4-5,8,12-15,33H,6-7,9-11H2,1-3H3,(H,28,34)/t15-/m1/s1. The molecule has 0 saturated carbocycles. The van der Waals surface area contributed by atoms with Crippen molar-refractivity contribution in [2.75, 3.05) is 18.0 Å². The zero-order valence-corrected chi connectivity index (χ0v) is 19.8. The summed E-state index contributed by atoms with van der Waals surface area (Å²) >= 11 is 0. The second-order valence-electron chi connectivity index (χ2n) is 9.53. The molecule has 8 nitrogen and oxygen atoms in total. The largest absolute Gasteiger partial charge is 0.503 e. The van der Waals surface area contributed by atoms with Crippen molar-refractivity contribution in [3.05, 3.63) is 73.9 Å². The van der Waals surface area contributed by atoms with Crippen LogP contribution in [0.15, 0.2) is 40.2 Å². The molecule has 0 bridgehead atoms. The van der Waals surface area contributed by atoms with Crippen LogP contribution in [0.3, 0.4) is 0 Å². The maximum Gasteiger partial charge on any atom is 0.280 e.